The van der Waals surface area contributed by atoms with E-state index in [-0.39, 0.29) is 40.0 Å². The molecule has 10 rings (SSSR count). The maximum Gasteiger partial charge on any atom is 0.338 e. The van der Waals surface area contributed by atoms with Crippen molar-refractivity contribution >= 4 is 35.8 Å². The molecule has 7 aromatic rings. The van der Waals surface area contributed by atoms with Crippen molar-refractivity contribution in [1.82, 2.24) is 0 Å². The lowest BCUT2D eigenvalue weighted by Gasteiger charge is -2.47. The molecule has 0 bridgehead atoms. The van der Waals surface area contributed by atoms with Crippen molar-refractivity contribution in [1.29, 1.82) is 0 Å². The zero-order valence-corrected chi connectivity index (χ0v) is 43.5. The Hall–Kier alpha value is -9.32. The lowest BCUT2D eigenvalue weighted by molar-refractivity contribution is -0.364. The van der Waals surface area contributed by atoms with E-state index in [0.29, 0.717) is 5.56 Å². The first-order valence-corrected chi connectivity index (χ1v) is 26.0. The predicted molar refractivity (Wildman–Crippen MR) is 287 cm³/mol. The van der Waals surface area contributed by atoms with Crippen LogP contribution in [0.2, 0.25) is 0 Å². The molecule has 18 heteroatoms. The maximum absolute atomic E-state index is 14.6. The SMILES string of the molecule is C#CCOC1(c2ccccc2)O[C@H]2O[C@H](COC(=O)c3ccccc3)[C@@H](O[C@@H]3O[C@H](COC(=O)c4ccccc4)[C@H](OC(=O)c4ccccc4)[C@H](OC(=O)c4ccccc4)[C@H]3OC(=O)c3ccccc3)[C@H](OC(=O)c3ccccc3)[C@H]2O1. The maximum atomic E-state index is 14.6. The van der Waals surface area contributed by atoms with Crippen molar-refractivity contribution in [2.45, 2.75) is 67.4 Å². The fourth-order valence-corrected chi connectivity index (χ4v) is 9.33. The lowest BCUT2D eigenvalue weighted by atomic mass is 9.95. The van der Waals surface area contributed by atoms with Gasteiger partial charge in [0.1, 0.15) is 38.1 Å². The molecule has 3 saturated heterocycles. The van der Waals surface area contributed by atoms with Crippen LogP contribution >= 0.6 is 0 Å². The van der Waals surface area contributed by atoms with E-state index in [4.69, 9.17) is 63.3 Å². The third kappa shape index (κ3) is 13.1. The second-order valence-electron chi connectivity index (χ2n) is 18.7. The first-order chi connectivity index (χ1) is 40.1. The first kappa shape index (κ1) is 56.0. The molecule has 0 radical (unpaired) electrons. The molecule has 0 N–H and O–H groups in total. The van der Waals surface area contributed by atoms with Crippen LogP contribution in [-0.2, 0) is 62.8 Å². The van der Waals surface area contributed by atoms with Gasteiger partial charge < -0.3 is 52.1 Å². The van der Waals surface area contributed by atoms with E-state index in [0.717, 1.165) is 0 Å². The summed E-state index contributed by atoms with van der Waals surface area (Å²) in [7, 11) is 0. The molecule has 82 heavy (non-hydrogen) atoms. The number of esters is 6. The van der Waals surface area contributed by atoms with Gasteiger partial charge >= 0.3 is 41.8 Å². The van der Waals surface area contributed by atoms with Crippen molar-refractivity contribution < 1.29 is 85.6 Å². The zero-order chi connectivity index (χ0) is 56.8. The van der Waals surface area contributed by atoms with Gasteiger partial charge in [-0.25, -0.2) is 28.8 Å². The fourth-order valence-electron chi connectivity index (χ4n) is 9.33. The van der Waals surface area contributed by atoms with Gasteiger partial charge in [-0.05, 0) is 72.8 Å². The standard InChI is InChI=1S/C64H52O18/c1-2-38-73-64(47-36-22-9-23-37-47)81-55-53(78-60(69)45-32-18-7-19-33-45)51(49(75-63(55)82-64)40-72-57(66)42-26-12-4-13-27-42)80-62-54(79-61(70)46-34-20-8-21-35-46)52(77-59(68)44-30-16-6-17-31-44)50(76-58(67)43-28-14-5-15-29-43)48(74-62)39-71-56(65)41-24-10-3-11-25-41/h1,3-37,48-55,62-63H,38-40H2/t48-,49-,50+,51-,52+,53+,54-,55-,62+,63-,64?/m1/s1. The van der Waals surface area contributed by atoms with Gasteiger partial charge in [-0.2, -0.15) is 0 Å². The molecule has 0 spiro atoms. The molecule has 1 unspecified atom stereocenters. The summed E-state index contributed by atoms with van der Waals surface area (Å²) in [6, 6.07) is 55.9. The van der Waals surface area contributed by atoms with E-state index in [1.807, 2.05) is 0 Å². The Morgan fingerprint density at radius 3 is 1.17 bits per heavy atom. The average molecular weight is 1110 g/mol. The summed E-state index contributed by atoms with van der Waals surface area (Å²) in [5, 5.41) is 0. The van der Waals surface area contributed by atoms with Crippen LogP contribution in [0.15, 0.2) is 212 Å². The highest BCUT2D eigenvalue weighted by Crippen LogP contribution is 2.46. The molecule has 0 saturated carbocycles. The Morgan fingerprint density at radius 1 is 0.402 bits per heavy atom. The monoisotopic (exact) mass is 1110 g/mol. The van der Waals surface area contributed by atoms with Gasteiger partial charge in [-0.15, -0.1) is 6.42 Å². The topological polar surface area (TPSA) is 213 Å². The summed E-state index contributed by atoms with van der Waals surface area (Å²) >= 11 is 0. The third-order valence-corrected chi connectivity index (χ3v) is 13.3. The van der Waals surface area contributed by atoms with Crippen LogP contribution in [0.1, 0.15) is 67.7 Å². The molecule has 3 aliphatic rings. The number of fused-ring (bicyclic) bond motifs is 1. The quantitative estimate of drug-likeness (QED) is 0.0423. The van der Waals surface area contributed by atoms with Gasteiger partial charge in [0.05, 0.1) is 33.4 Å². The molecule has 0 amide bonds. The molecule has 0 aromatic heterocycles. The van der Waals surface area contributed by atoms with Crippen molar-refractivity contribution in [2.24, 2.45) is 0 Å². The van der Waals surface area contributed by atoms with Crippen molar-refractivity contribution in [2.75, 3.05) is 19.8 Å². The van der Waals surface area contributed by atoms with Crippen LogP contribution in [0.25, 0.3) is 0 Å². The van der Waals surface area contributed by atoms with Crippen LogP contribution in [0.4, 0.5) is 0 Å². The van der Waals surface area contributed by atoms with Gasteiger partial charge in [0, 0.05) is 5.56 Å². The van der Waals surface area contributed by atoms with Crippen LogP contribution < -0.4 is 0 Å². The summed E-state index contributed by atoms with van der Waals surface area (Å²) in [6.07, 6.45) is -11.4. The van der Waals surface area contributed by atoms with Gasteiger partial charge in [-0.3, -0.25) is 4.74 Å². The Balaban J connectivity index is 1.12. The minimum absolute atomic E-state index is 0.0241. The Labute approximate surface area is 470 Å². The second-order valence-corrected chi connectivity index (χ2v) is 18.7. The number of rotatable bonds is 19. The highest BCUT2D eigenvalue weighted by atomic mass is 16.9. The van der Waals surface area contributed by atoms with Gasteiger partial charge in [0.15, 0.2) is 43.1 Å². The summed E-state index contributed by atoms with van der Waals surface area (Å²) in [5.41, 5.74) is 0.843. The number of carbonyl (C=O) groups excluding carboxylic acids is 6. The van der Waals surface area contributed by atoms with E-state index >= 15 is 0 Å². The van der Waals surface area contributed by atoms with Crippen LogP contribution in [0.5, 0.6) is 0 Å². The van der Waals surface area contributed by atoms with E-state index in [9.17, 15) is 28.8 Å². The molecule has 3 heterocycles. The Kier molecular flexibility index (Phi) is 18.0. The molecule has 7 aromatic carbocycles. The third-order valence-electron chi connectivity index (χ3n) is 13.3. The van der Waals surface area contributed by atoms with Crippen molar-refractivity contribution in [3.8, 4) is 12.3 Å². The molecule has 18 nitrogen and oxygen atoms in total. The number of benzene rings is 7. The molecule has 11 atom stereocenters. The molecule has 3 fully saturated rings. The van der Waals surface area contributed by atoms with Crippen LogP contribution in [0, 0.1) is 12.3 Å². The summed E-state index contributed by atoms with van der Waals surface area (Å²) in [4.78, 5) is 85.6. The van der Waals surface area contributed by atoms with Crippen LogP contribution in [-0.4, -0.2) is 117 Å². The van der Waals surface area contributed by atoms with E-state index in [2.05, 4.69) is 5.92 Å². The minimum atomic E-state index is -2.12. The van der Waals surface area contributed by atoms with Crippen LogP contribution in [0.3, 0.4) is 0 Å². The van der Waals surface area contributed by atoms with E-state index in [1.54, 1.807) is 140 Å². The number of hydrogen-bond acceptors (Lipinski definition) is 18. The highest BCUT2D eigenvalue weighted by molar-refractivity contribution is 5.92. The molecule has 0 aliphatic carbocycles. The fraction of sp³-hybridized carbons (Fsp3) is 0.219. The normalized spacial score (nSPS) is 24.5. The largest absolute Gasteiger partial charge is 0.459 e. The van der Waals surface area contributed by atoms with Crippen molar-refractivity contribution in [3.05, 3.63) is 251 Å². The summed E-state index contributed by atoms with van der Waals surface area (Å²) in [5.74, 6) is -5.10. The first-order valence-electron chi connectivity index (χ1n) is 26.0. The van der Waals surface area contributed by atoms with Crippen molar-refractivity contribution in [3.63, 3.8) is 0 Å². The predicted octanol–water partition coefficient (Wildman–Crippen LogP) is 8.31. The van der Waals surface area contributed by atoms with Gasteiger partial charge in [0.2, 0.25) is 0 Å². The van der Waals surface area contributed by atoms with E-state index in [1.165, 1.54) is 72.8 Å². The smallest absolute Gasteiger partial charge is 0.338 e. The number of ether oxygens (including phenoxy) is 12. The Morgan fingerprint density at radius 2 is 0.756 bits per heavy atom. The Bertz CT molecular complexity index is 3330. The molecule has 3 aliphatic heterocycles. The van der Waals surface area contributed by atoms with E-state index < -0.39 is 116 Å². The molecular formula is C64H52O18. The van der Waals surface area contributed by atoms with Gasteiger partial charge in [-0.1, -0.05) is 145 Å². The summed E-state index contributed by atoms with van der Waals surface area (Å²) in [6.45, 7) is -1.70. The minimum Gasteiger partial charge on any atom is -0.459 e. The molecule has 416 valence electrons. The average Bonchev–Trinajstić information content (AvgIpc) is 3.98. The highest BCUT2D eigenvalue weighted by Gasteiger charge is 2.63. The number of carbonyl (C=O) groups is 6. The lowest BCUT2D eigenvalue weighted by Crippen LogP contribution is -2.66. The summed E-state index contributed by atoms with van der Waals surface area (Å²) < 4.78 is 77.1. The number of hydrogen-bond donors (Lipinski definition) is 0. The number of terminal acetylenes is 1. The zero-order valence-electron chi connectivity index (χ0n) is 43.5. The van der Waals surface area contributed by atoms with Gasteiger partial charge in [0.25, 0.3) is 0 Å². The second kappa shape index (κ2) is 26.3. The molecular weight excluding hydrogens is 1060 g/mol.